The number of hydrogen-bond acceptors (Lipinski definition) is 0. The molecule has 0 aromatic heterocycles. The average Bonchev–Trinajstić information content (AvgIpc) is 2.31. The molecule has 0 fully saturated rings. The lowest BCUT2D eigenvalue weighted by Gasteiger charge is -1.96. The molecule has 0 spiro atoms. The molecule has 0 saturated heterocycles. The van der Waals surface area contributed by atoms with Crippen LogP contribution in [0.4, 0.5) is 0 Å². The minimum atomic E-state index is 1.12. The molecular formula is C15H27I. The quantitative estimate of drug-likeness (QED) is 0.207. The molecule has 0 saturated carbocycles. The van der Waals surface area contributed by atoms with Crippen LogP contribution in [0.5, 0.6) is 0 Å². The predicted molar refractivity (Wildman–Crippen MR) is 83.1 cm³/mol. The number of unbranched alkanes of at least 4 members (excludes halogenated alkanes) is 9. The van der Waals surface area contributed by atoms with E-state index in [1.165, 1.54) is 62.2 Å². The molecular weight excluding hydrogens is 307 g/mol. The first kappa shape index (κ1) is 16.3. The number of rotatable bonds is 10. The Balaban J connectivity index is 3.03. The first-order chi connectivity index (χ1) is 7.91. The van der Waals surface area contributed by atoms with E-state index < -0.39 is 0 Å². The topological polar surface area (TPSA) is 0 Å². The Morgan fingerprint density at radius 2 is 1.19 bits per heavy atom. The lowest BCUT2D eigenvalue weighted by Crippen LogP contribution is -1.79. The molecule has 0 aliphatic rings. The summed E-state index contributed by atoms with van der Waals surface area (Å²) >= 11 is 2.46. The maximum Gasteiger partial charge on any atom is 0.00886 e. The summed E-state index contributed by atoms with van der Waals surface area (Å²) in [5, 5.41) is 0. The molecule has 0 amide bonds. The van der Waals surface area contributed by atoms with Gasteiger partial charge in [-0.15, -0.1) is 11.8 Å². The van der Waals surface area contributed by atoms with Gasteiger partial charge in [-0.1, -0.05) is 68.0 Å². The summed E-state index contributed by atoms with van der Waals surface area (Å²) in [7, 11) is 0. The summed E-state index contributed by atoms with van der Waals surface area (Å²) in [6.45, 7) is 2.25. The van der Waals surface area contributed by atoms with E-state index in [1.54, 1.807) is 0 Å². The highest BCUT2D eigenvalue weighted by atomic mass is 127. The molecule has 0 bridgehead atoms. The standard InChI is InChI=1S/C15H27I/c1-2-3-4-5-6-7-8-9-10-11-12-13-14-15-16/h2-6,9-15H2,1H3. The Hall–Kier alpha value is 0.290. The fraction of sp³-hybridized carbons (Fsp3) is 0.867. The maximum absolute atomic E-state index is 3.30. The lowest BCUT2D eigenvalue weighted by atomic mass is 10.1. The molecule has 0 aliphatic heterocycles. The fourth-order valence-corrected chi connectivity index (χ4v) is 2.19. The monoisotopic (exact) mass is 334 g/mol. The molecule has 0 atom stereocenters. The fourth-order valence-electron chi connectivity index (χ4n) is 1.66. The second kappa shape index (κ2) is 15.3. The summed E-state index contributed by atoms with van der Waals surface area (Å²) in [6, 6.07) is 0. The Labute approximate surface area is 116 Å². The van der Waals surface area contributed by atoms with Crippen molar-refractivity contribution in [2.75, 3.05) is 4.43 Å². The highest BCUT2D eigenvalue weighted by Gasteiger charge is 1.88. The van der Waals surface area contributed by atoms with Gasteiger partial charge in [0.05, 0.1) is 0 Å². The van der Waals surface area contributed by atoms with Gasteiger partial charge in [0, 0.05) is 12.8 Å². The van der Waals surface area contributed by atoms with E-state index in [2.05, 4.69) is 41.4 Å². The van der Waals surface area contributed by atoms with E-state index >= 15 is 0 Å². The van der Waals surface area contributed by atoms with Crippen molar-refractivity contribution in [3.8, 4) is 11.8 Å². The van der Waals surface area contributed by atoms with Crippen LogP contribution in [0.1, 0.15) is 77.6 Å². The van der Waals surface area contributed by atoms with Crippen molar-refractivity contribution in [3.05, 3.63) is 0 Å². The van der Waals surface area contributed by atoms with Crippen molar-refractivity contribution >= 4 is 22.6 Å². The molecule has 0 N–H and O–H groups in total. The van der Waals surface area contributed by atoms with E-state index in [9.17, 15) is 0 Å². The van der Waals surface area contributed by atoms with Crippen LogP contribution in [-0.4, -0.2) is 4.43 Å². The molecule has 0 radical (unpaired) electrons. The van der Waals surface area contributed by atoms with Crippen molar-refractivity contribution < 1.29 is 0 Å². The van der Waals surface area contributed by atoms with Crippen molar-refractivity contribution in [1.29, 1.82) is 0 Å². The van der Waals surface area contributed by atoms with E-state index in [1.807, 2.05) is 0 Å². The van der Waals surface area contributed by atoms with E-state index in [4.69, 9.17) is 0 Å². The van der Waals surface area contributed by atoms with E-state index in [-0.39, 0.29) is 0 Å². The van der Waals surface area contributed by atoms with Gasteiger partial charge in [0.2, 0.25) is 0 Å². The van der Waals surface area contributed by atoms with Crippen LogP contribution in [0.2, 0.25) is 0 Å². The van der Waals surface area contributed by atoms with Gasteiger partial charge in [-0.3, -0.25) is 0 Å². The zero-order valence-corrected chi connectivity index (χ0v) is 13.0. The summed E-state index contributed by atoms with van der Waals surface area (Å²) in [5.74, 6) is 6.60. The number of alkyl halides is 1. The SMILES string of the molecule is CCCCCCC#CCCCCCCCI. The summed E-state index contributed by atoms with van der Waals surface area (Å²) < 4.78 is 1.31. The third-order valence-electron chi connectivity index (χ3n) is 2.72. The molecule has 0 aromatic rings. The van der Waals surface area contributed by atoms with Crippen molar-refractivity contribution in [2.24, 2.45) is 0 Å². The molecule has 0 aromatic carbocycles. The predicted octanol–water partition coefficient (Wildman–Crippen LogP) is 5.74. The highest BCUT2D eigenvalue weighted by Crippen LogP contribution is 2.06. The van der Waals surface area contributed by atoms with Gasteiger partial charge < -0.3 is 0 Å². The average molecular weight is 334 g/mol. The van der Waals surface area contributed by atoms with Gasteiger partial charge in [-0.25, -0.2) is 0 Å². The minimum Gasteiger partial charge on any atom is -0.103 e. The minimum absolute atomic E-state index is 1.12. The molecule has 0 heterocycles. The summed E-state index contributed by atoms with van der Waals surface area (Å²) in [6.07, 6.45) is 14.5. The number of hydrogen-bond donors (Lipinski definition) is 0. The normalized spacial score (nSPS) is 9.88. The van der Waals surface area contributed by atoms with E-state index in [0.717, 1.165) is 12.8 Å². The second-order valence-electron chi connectivity index (χ2n) is 4.37. The molecule has 0 nitrogen and oxygen atoms in total. The van der Waals surface area contributed by atoms with Crippen molar-refractivity contribution in [1.82, 2.24) is 0 Å². The lowest BCUT2D eigenvalue weighted by molar-refractivity contribution is 0.645. The second-order valence-corrected chi connectivity index (χ2v) is 5.45. The molecule has 0 rings (SSSR count). The maximum atomic E-state index is 3.30. The summed E-state index contributed by atoms with van der Waals surface area (Å²) in [4.78, 5) is 0. The molecule has 0 unspecified atom stereocenters. The van der Waals surface area contributed by atoms with Crippen LogP contribution < -0.4 is 0 Å². The zero-order valence-electron chi connectivity index (χ0n) is 10.9. The largest absolute Gasteiger partial charge is 0.103 e. The van der Waals surface area contributed by atoms with Crippen LogP contribution in [0.3, 0.4) is 0 Å². The third kappa shape index (κ3) is 14.3. The highest BCUT2D eigenvalue weighted by molar-refractivity contribution is 14.1. The Morgan fingerprint density at radius 3 is 1.75 bits per heavy atom. The van der Waals surface area contributed by atoms with Crippen LogP contribution >= 0.6 is 22.6 Å². The summed E-state index contributed by atoms with van der Waals surface area (Å²) in [5.41, 5.74) is 0. The van der Waals surface area contributed by atoms with Gasteiger partial charge in [-0.05, 0) is 23.7 Å². The molecule has 0 aliphatic carbocycles. The molecule has 16 heavy (non-hydrogen) atoms. The first-order valence-electron chi connectivity index (χ1n) is 6.93. The molecule has 94 valence electrons. The van der Waals surface area contributed by atoms with Crippen LogP contribution in [0.25, 0.3) is 0 Å². The van der Waals surface area contributed by atoms with Gasteiger partial charge in [-0.2, -0.15) is 0 Å². The first-order valence-corrected chi connectivity index (χ1v) is 8.46. The Bertz CT molecular complexity index is 176. The molecule has 1 heteroatoms. The number of halogens is 1. The van der Waals surface area contributed by atoms with Gasteiger partial charge in [0.1, 0.15) is 0 Å². The zero-order chi connectivity index (χ0) is 11.9. The third-order valence-corrected chi connectivity index (χ3v) is 3.48. The Kier molecular flexibility index (Phi) is 15.6. The van der Waals surface area contributed by atoms with Gasteiger partial charge in [0.15, 0.2) is 0 Å². The van der Waals surface area contributed by atoms with Crippen LogP contribution in [0, 0.1) is 11.8 Å². The van der Waals surface area contributed by atoms with Gasteiger partial charge >= 0.3 is 0 Å². The Morgan fingerprint density at radius 1 is 0.688 bits per heavy atom. The van der Waals surface area contributed by atoms with Crippen molar-refractivity contribution in [2.45, 2.75) is 77.6 Å². The van der Waals surface area contributed by atoms with Gasteiger partial charge in [0.25, 0.3) is 0 Å². The van der Waals surface area contributed by atoms with Crippen LogP contribution in [-0.2, 0) is 0 Å². The van der Waals surface area contributed by atoms with E-state index in [0.29, 0.717) is 0 Å². The van der Waals surface area contributed by atoms with Crippen LogP contribution in [0.15, 0.2) is 0 Å². The van der Waals surface area contributed by atoms with Crippen molar-refractivity contribution in [3.63, 3.8) is 0 Å². The smallest absolute Gasteiger partial charge is 0.00886 e.